The summed E-state index contributed by atoms with van der Waals surface area (Å²) in [6.45, 7) is 0. The highest BCUT2D eigenvalue weighted by Crippen LogP contribution is 2.39. The van der Waals surface area contributed by atoms with E-state index in [0.29, 0.717) is 5.82 Å². The van der Waals surface area contributed by atoms with Crippen molar-refractivity contribution in [2.75, 3.05) is 0 Å². The molecule has 3 heterocycles. The van der Waals surface area contributed by atoms with Crippen LogP contribution in [0.25, 0.3) is 39.6 Å². The predicted molar refractivity (Wildman–Crippen MR) is 119 cm³/mol. The van der Waals surface area contributed by atoms with Gasteiger partial charge in [0.25, 0.3) is 0 Å². The quantitative estimate of drug-likeness (QED) is 0.465. The molecule has 3 N–H and O–H groups in total. The molecule has 0 atom stereocenters. The number of hydrogen-bond donors (Lipinski definition) is 2. The van der Waals surface area contributed by atoms with Gasteiger partial charge in [-0.2, -0.15) is 5.10 Å². The lowest BCUT2D eigenvalue weighted by Gasteiger charge is -2.38. The molecule has 0 radical (unpaired) electrons. The summed E-state index contributed by atoms with van der Waals surface area (Å²) in [4.78, 5) is 14.2. The summed E-state index contributed by atoms with van der Waals surface area (Å²) in [6, 6.07) is 18.4. The number of nitrogens with one attached hydrogen (secondary N) is 1. The average molecular weight is 407 g/mol. The highest BCUT2D eigenvalue weighted by molar-refractivity contribution is 5.80. The van der Waals surface area contributed by atoms with Crippen molar-refractivity contribution in [2.45, 2.75) is 24.8 Å². The van der Waals surface area contributed by atoms with Gasteiger partial charge in [0, 0.05) is 23.0 Å². The maximum absolute atomic E-state index is 6.52. The summed E-state index contributed by atoms with van der Waals surface area (Å²) in [5, 5.41) is 6.98. The molecule has 6 rings (SSSR count). The molecule has 152 valence electrons. The SMILES string of the molecule is NC1(c2ccc(-n3c(-c4cn[nH]c4)nc4cnc(-c5ccccc5)nc43)cc2)CCC1. The second-order valence-electron chi connectivity index (χ2n) is 8.08. The lowest BCUT2D eigenvalue weighted by molar-refractivity contribution is 0.253. The van der Waals surface area contributed by atoms with E-state index in [0.717, 1.165) is 46.6 Å². The molecule has 0 bridgehead atoms. The first kappa shape index (κ1) is 18.0. The normalized spacial score (nSPS) is 15.1. The molecule has 0 aliphatic heterocycles. The van der Waals surface area contributed by atoms with Crippen molar-refractivity contribution in [2.24, 2.45) is 5.73 Å². The first-order valence-corrected chi connectivity index (χ1v) is 10.4. The number of benzene rings is 2. The topological polar surface area (TPSA) is 98.3 Å². The number of rotatable bonds is 4. The zero-order valence-electron chi connectivity index (χ0n) is 16.9. The number of aromatic nitrogens is 6. The summed E-state index contributed by atoms with van der Waals surface area (Å²) in [5.41, 5.74) is 11.8. The summed E-state index contributed by atoms with van der Waals surface area (Å²) in [6.07, 6.45) is 8.64. The lowest BCUT2D eigenvalue weighted by Crippen LogP contribution is -2.43. The van der Waals surface area contributed by atoms with Gasteiger partial charge in [0.1, 0.15) is 11.3 Å². The van der Waals surface area contributed by atoms with Crippen LogP contribution in [-0.4, -0.2) is 29.7 Å². The summed E-state index contributed by atoms with van der Waals surface area (Å²) in [7, 11) is 0. The van der Waals surface area contributed by atoms with E-state index in [-0.39, 0.29) is 5.54 Å². The summed E-state index contributed by atoms with van der Waals surface area (Å²) in [5.74, 6) is 1.43. The number of H-pyrrole nitrogens is 1. The van der Waals surface area contributed by atoms with Gasteiger partial charge >= 0.3 is 0 Å². The van der Waals surface area contributed by atoms with Crippen molar-refractivity contribution in [3.05, 3.63) is 78.8 Å². The van der Waals surface area contributed by atoms with E-state index < -0.39 is 0 Å². The fraction of sp³-hybridized carbons (Fsp3) is 0.167. The Bertz CT molecular complexity index is 1350. The molecule has 5 aromatic rings. The van der Waals surface area contributed by atoms with E-state index in [1.807, 2.05) is 36.5 Å². The molecule has 0 unspecified atom stereocenters. The molecule has 7 nitrogen and oxygen atoms in total. The first-order valence-electron chi connectivity index (χ1n) is 10.4. The molecule has 1 saturated carbocycles. The Morgan fingerprint density at radius 3 is 2.39 bits per heavy atom. The summed E-state index contributed by atoms with van der Waals surface area (Å²) >= 11 is 0. The molecule has 0 amide bonds. The Hall–Kier alpha value is -3.84. The van der Waals surface area contributed by atoms with Gasteiger partial charge in [-0.05, 0) is 37.0 Å². The molecule has 1 aliphatic rings. The van der Waals surface area contributed by atoms with Crippen molar-refractivity contribution >= 4 is 11.2 Å². The van der Waals surface area contributed by atoms with Crippen LogP contribution in [0.15, 0.2) is 73.2 Å². The Morgan fingerprint density at radius 2 is 1.71 bits per heavy atom. The van der Waals surface area contributed by atoms with Crippen LogP contribution in [-0.2, 0) is 5.54 Å². The van der Waals surface area contributed by atoms with Crippen molar-refractivity contribution in [3.63, 3.8) is 0 Å². The second-order valence-corrected chi connectivity index (χ2v) is 8.08. The smallest absolute Gasteiger partial charge is 0.169 e. The monoisotopic (exact) mass is 407 g/mol. The Balaban J connectivity index is 1.54. The van der Waals surface area contributed by atoms with E-state index in [1.165, 1.54) is 12.0 Å². The number of imidazole rings is 1. The largest absolute Gasteiger partial charge is 0.321 e. The standard InChI is InChI=1S/C24H21N7/c25-24(11-4-12-24)18-7-9-19(10-8-18)31-22(17-13-27-28-14-17)29-20-15-26-21(30-23(20)31)16-5-2-1-3-6-16/h1-3,5-10,13-15H,4,11-12,25H2,(H,27,28). The van der Waals surface area contributed by atoms with Crippen LogP contribution in [0.2, 0.25) is 0 Å². The number of hydrogen-bond acceptors (Lipinski definition) is 5. The summed E-state index contributed by atoms with van der Waals surface area (Å²) < 4.78 is 2.06. The first-order chi connectivity index (χ1) is 15.2. The fourth-order valence-electron chi connectivity index (χ4n) is 4.20. The Morgan fingerprint density at radius 1 is 0.903 bits per heavy atom. The Kier molecular flexibility index (Phi) is 3.97. The van der Waals surface area contributed by atoms with Crippen molar-refractivity contribution in [1.82, 2.24) is 29.7 Å². The van der Waals surface area contributed by atoms with Gasteiger partial charge in [-0.15, -0.1) is 0 Å². The van der Waals surface area contributed by atoms with E-state index in [4.69, 9.17) is 15.7 Å². The Labute approximate surface area is 179 Å². The van der Waals surface area contributed by atoms with Crippen LogP contribution in [0.5, 0.6) is 0 Å². The lowest BCUT2D eigenvalue weighted by atomic mass is 9.73. The molecule has 0 saturated heterocycles. The van der Waals surface area contributed by atoms with Crippen LogP contribution < -0.4 is 5.73 Å². The predicted octanol–water partition coefficient (Wildman–Crippen LogP) is 4.21. The third-order valence-corrected chi connectivity index (χ3v) is 6.13. The third-order valence-electron chi connectivity index (χ3n) is 6.13. The zero-order chi connectivity index (χ0) is 20.8. The minimum absolute atomic E-state index is 0.189. The molecule has 2 aromatic carbocycles. The van der Waals surface area contributed by atoms with Crippen LogP contribution in [0.4, 0.5) is 0 Å². The van der Waals surface area contributed by atoms with E-state index in [1.54, 1.807) is 12.4 Å². The highest BCUT2D eigenvalue weighted by Gasteiger charge is 2.34. The molecule has 3 aromatic heterocycles. The molecular formula is C24H21N7. The molecule has 31 heavy (non-hydrogen) atoms. The number of nitrogens with two attached hydrogens (primary N) is 1. The van der Waals surface area contributed by atoms with Crippen molar-refractivity contribution in [3.8, 4) is 28.5 Å². The molecule has 7 heteroatoms. The van der Waals surface area contributed by atoms with Gasteiger partial charge in [-0.25, -0.2) is 15.0 Å². The molecule has 1 fully saturated rings. The van der Waals surface area contributed by atoms with Crippen molar-refractivity contribution in [1.29, 1.82) is 0 Å². The zero-order valence-corrected chi connectivity index (χ0v) is 16.9. The number of fused-ring (bicyclic) bond motifs is 1. The van der Waals surface area contributed by atoms with Gasteiger partial charge in [0.05, 0.1) is 18.0 Å². The van der Waals surface area contributed by atoms with Gasteiger partial charge in [0.15, 0.2) is 11.5 Å². The molecule has 0 spiro atoms. The van der Waals surface area contributed by atoms with E-state index in [2.05, 4.69) is 44.0 Å². The minimum Gasteiger partial charge on any atom is -0.321 e. The number of nitrogens with zero attached hydrogens (tertiary/aromatic N) is 5. The van der Waals surface area contributed by atoms with Crippen LogP contribution in [0.1, 0.15) is 24.8 Å². The average Bonchev–Trinajstić information content (AvgIpc) is 3.45. The van der Waals surface area contributed by atoms with Crippen LogP contribution >= 0.6 is 0 Å². The van der Waals surface area contributed by atoms with E-state index >= 15 is 0 Å². The van der Waals surface area contributed by atoms with Gasteiger partial charge in [-0.3, -0.25) is 9.67 Å². The molecular weight excluding hydrogens is 386 g/mol. The van der Waals surface area contributed by atoms with E-state index in [9.17, 15) is 0 Å². The maximum atomic E-state index is 6.52. The second kappa shape index (κ2) is 6.85. The third kappa shape index (κ3) is 2.93. The minimum atomic E-state index is -0.189. The fourth-order valence-corrected chi connectivity index (χ4v) is 4.20. The van der Waals surface area contributed by atoms with Crippen LogP contribution in [0, 0.1) is 0 Å². The van der Waals surface area contributed by atoms with Gasteiger partial charge in [0.2, 0.25) is 0 Å². The van der Waals surface area contributed by atoms with Crippen LogP contribution in [0.3, 0.4) is 0 Å². The van der Waals surface area contributed by atoms with Crippen molar-refractivity contribution < 1.29 is 0 Å². The molecule has 1 aliphatic carbocycles. The highest BCUT2D eigenvalue weighted by atomic mass is 15.2. The number of aromatic amines is 1. The maximum Gasteiger partial charge on any atom is 0.169 e. The van der Waals surface area contributed by atoms with Gasteiger partial charge in [-0.1, -0.05) is 42.5 Å². The van der Waals surface area contributed by atoms with Gasteiger partial charge < -0.3 is 5.73 Å².